The summed E-state index contributed by atoms with van der Waals surface area (Å²) in [6.07, 6.45) is 0.725. The summed E-state index contributed by atoms with van der Waals surface area (Å²) in [5.41, 5.74) is -1.72. The molecule has 12 heteroatoms. The number of hydrogen-bond donors (Lipinski definition) is 1. The van der Waals surface area contributed by atoms with E-state index in [1.165, 1.54) is 15.9 Å². The highest BCUT2D eigenvalue weighted by Gasteiger charge is 2.47. The molecule has 1 aromatic carbocycles. The van der Waals surface area contributed by atoms with Crippen molar-refractivity contribution in [3.8, 4) is 5.75 Å². The third kappa shape index (κ3) is 4.62. The summed E-state index contributed by atoms with van der Waals surface area (Å²) in [7, 11) is 1.57. The average molecular weight is 609 g/mol. The topological polar surface area (TPSA) is 118 Å². The minimum atomic E-state index is -1.79. The van der Waals surface area contributed by atoms with Gasteiger partial charge in [0.2, 0.25) is 0 Å². The predicted octanol–water partition coefficient (Wildman–Crippen LogP) is 3.44. The van der Waals surface area contributed by atoms with Gasteiger partial charge in [-0.25, -0.2) is 14.2 Å². The number of fused-ring (bicyclic) bond motifs is 1. The molecule has 10 nitrogen and oxygen atoms in total. The number of aryl methyl sites for hydroxylation is 1. The Morgan fingerprint density at radius 1 is 1.24 bits per heavy atom. The summed E-state index contributed by atoms with van der Waals surface area (Å²) in [4.78, 5) is 40.8. The molecular formula is C26H29BrN2O8S. The first kappa shape index (κ1) is 27.1. The van der Waals surface area contributed by atoms with Crippen molar-refractivity contribution in [3.63, 3.8) is 0 Å². The van der Waals surface area contributed by atoms with Crippen LogP contribution in [0.2, 0.25) is 0 Å². The van der Waals surface area contributed by atoms with Crippen molar-refractivity contribution in [2.24, 2.45) is 0 Å². The molecule has 4 heterocycles. The molecule has 3 aromatic rings. The van der Waals surface area contributed by atoms with Crippen LogP contribution in [0.1, 0.15) is 36.5 Å². The summed E-state index contributed by atoms with van der Waals surface area (Å²) in [5, 5.41) is 10.5. The van der Waals surface area contributed by atoms with Crippen LogP contribution in [0.4, 0.5) is 0 Å². The number of rotatable bonds is 8. The second-order valence-corrected chi connectivity index (χ2v) is 11.8. The zero-order valence-electron chi connectivity index (χ0n) is 21.1. The fraction of sp³-hybridized carbons (Fsp3) is 0.500. The van der Waals surface area contributed by atoms with E-state index in [0.29, 0.717) is 51.4 Å². The number of carboxylic acid groups (broad SMARTS) is 1. The monoisotopic (exact) mass is 608 g/mol. The number of methoxy groups -OCH3 is 1. The number of carbonyl (C=O) groups is 1. The number of nitrogens with zero attached hydrogens (tertiary/aromatic N) is 2. The SMILES string of the molecule is COc1ccccc1[C@H](Cn1c(=O)n(C2(C(=O)O)CCOC2)c(=O)c2c(C)c(Br)sc21)OC1CCOCC1. The van der Waals surface area contributed by atoms with Gasteiger partial charge in [0.25, 0.3) is 5.56 Å². The molecule has 1 N–H and O–H groups in total. The lowest BCUT2D eigenvalue weighted by molar-refractivity contribution is -0.148. The van der Waals surface area contributed by atoms with Crippen molar-refractivity contribution in [2.75, 3.05) is 33.5 Å². The normalized spacial score (nSPS) is 21.1. The fourth-order valence-corrected chi connectivity index (χ4v) is 6.90. The minimum absolute atomic E-state index is 0.0157. The van der Waals surface area contributed by atoms with Gasteiger partial charge >= 0.3 is 11.7 Å². The molecule has 2 atom stereocenters. The Morgan fingerprint density at radius 3 is 2.63 bits per heavy atom. The highest BCUT2D eigenvalue weighted by molar-refractivity contribution is 9.11. The largest absolute Gasteiger partial charge is 0.496 e. The van der Waals surface area contributed by atoms with E-state index in [1.54, 1.807) is 14.0 Å². The second-order valence-electron chi connectivity index (χ2n) is 9.53. The predicted molar refractivity (Wildman–Crippen MR) is 144 cm³/mol. The first-order valence-electron chi connectivity index (χ1n) is 12.4. The molecule has 0 aliphatic carbocycles. The number of ether oxygens (including phenoxy) is 4. The maximum Gasteiger partial charge on any atom is 0.333 e. The van der Waals surface area contributed by atoms with Gasteiger partial charge in [0.15, 0.2) is 5.54 Å². The third-order valence-corrected chi connectivity index (χ3v) is 9.52. The first-order chi connectivity index (χ1) is 18.3. The standard InChI is InChI=1S/C26H29BrN2O8S/c1-15-20-22(30)29(26(24(31)32)9-12-36-14-26)25(33)28(23(20)38-21(15)27)13-19(37-16-7-10-35-11-8-16)17-5-3-4-6-18(17)34-2/h3-6,16,19H,7-14H2,1-2H3,(H,31,32)/t19-,26?/m0/s1. The van der Waals surface area contributed by atoms with Crippen LogP contribution in [0.3, 0.4) is 0 Å². The Bertz CT molecular complexity index is 1470. The number of carboxylic acids is 1. The van der Waals surface area contributed by atoms with E-state index < -0.39 is 28.9 Å². The lowest BCUT2D eigenvalue weighted by Crippen LogP contribution is -2.56. The van der Waals surface area contributed by atoms with Crippen molar-refractivity contribution in [2.45, 2.75) is 50.5 Å². The summed E-state index contributed by atoms with van der Waals surface area (Å²) < 4.78 is 26.1. The van der Waals surface area contributed by atoms with Crippen LogP contribution in [-0.2, 0) is 31.1 Å². The number of hydrogen-bond acceptors (Lipinski definition) is 8. The van der Waals surface area contributed by atoms with Gasteiger partial charge in [0, 0.05) is 31.8 Å². The quantitative estimate of drug-likeness (QED) is 0.413. The Kier molecular flexibility index (Phi) is 7.79. The summed E-state index contributed by atoms with van der Waals surface area (Å²) >= 11 is 4.78. The van der Waals surface area contributed by atoms with Crippen LogP contribution in [0, 0.1) is 6.92 Å². The van der Waals surface area contributed by atoms with Gasteiger partial charge in [-0.15, -0.1) is 11.3 Å². The van der Waals surface area contributed by atoms with E-state index in [0.717, 1.165) is 10.1 Å². The lowest BCUT2D eigenvalue weighted by atomic mass is 9.98. The van der Waals surface area contributed by atoms with Crippen LogP contribution < -0.4 is 16.0 Å². The van der Waals surface area contributed by atoms with E-state index in [-0.39, 0.29) is 32.3 Å². The molecule has 0 amide bonds. The maximum absolute atomic E-state index is 14.1. The van der Waals surface area contributed by atoms with Crippen molar-refractivity contribution < 1.29 is 28.8 Å². The van der Waals surface area contributed by atoms with E-state index in [4.69, 9.17) is 18.9 Å². The fourth-order valence-electron chi connectivity index (χ4n) is 5.21. The van der Waals surface area contributed by atoms with Crippen molar-refractivity contribution in [3.05, 3.63) is 60.0 Å². The Balaban J connectivity index is 1.72. The molecule has 5 rings (SSSR count). The van der Waals surface area contributed by atoms with Crippen molar-refractivity contribution in [1.29, 1.82) is 0 Å². The summed E-state index contributed by atoms with van der Waals surface area (Å²) in [5.74, 6) is -0.663. The van der Waals surface area contributed by atoms with E-state index in [9.17, 15) is 19.5 Å². The van der Waals surface area contributed by atoms with Gasteiger partial charge in [-0.3, -0.25) is 9.36 Å². The van der Waals surface area contributed by atoms with E-state index in [2.05, 4.69) is 15.9 Å². The smallest absolute Gasteiger partial charge is 0.333 e. The molecule has 2 saturated heterocycles. The number of thiophene rings is 1. The number of para-hydroxylation sites is 1. The molecule has 38 heavy (non-hydrogen) atoms. The molecule has 0 radical (unpaired) electrons. The van der Waals surface area contributed by atoms with Crippen LogP contribution in [0.25, 0.3) is 10.2 Å². The lowest BCUT2D eigenvalue weighted by Gasteiger charge is -2.30. The van der Waals surface area contributed by atoms with Crippen LogP contribution >= 0.6 is 27.3 Å². The molecule has 2 aliphatic rings. The van der Waals surface area contributed by atoms with Gasteiger partial charge in [-0.05, 0) is 47.3 Å². The summed E-state index contributed by atoms with van der Waals surface area (Å²) in [6, 6.07) is 7.45. The third-order valence-electron chi connectivity index (χ3n) is 7.34. The van der Waals surface area contributed by atoms with Gasteiger partial charge in [-0.2, -0.15) is 0 Å². The molecule has 2 aliphatic heterocycles. The molecular weight excluding hydrogens is 580 g/mol. The molecule has 0 saturated carbocycles. The molecule has 204 valence electrons. The van der Waals surface area contributed by atoms with Gasteiger partial charge in [0.05, 0.1) is 35.5 Å². The van der Waals surface area contributed by atoms with Crippen molar-refractivity contribution in [1.82, 2.24) is 9.13 Å². The van der Waals surface area contributed by atoms with Crippen LogP contribution in [0.5, 0.6) is 5.75 Å². The highest BCUT2D eigenvalue weighted by Crippen LogP contribution is 2.36. The Labute approximate surface area is 230 Å². The van der Waals surface area contributed by atoms with Gasteiger partial charge in [0.1, 0.15) is 16.7 Å². The Morgan fingerprint density at radius 2 is 1.97 bits per heavy atom. The van der Waals surface area contributed by atoms with Crippen LogP contribution in [0.15, 0.2) is 37.6 Å². The molecule has 1 unspecified atom stereocenters. The van der Waals surface area contributed by atoms with Crippen molar-refractivity contribution >= 4 is 43.5 Å². The second kappa shape index (κ2) is 10.9. The number of halogens is 1. The molecule has 2 fully saturated rings. The zero-order chi connectivity index (χ0) is 27.0. The highest BCUT2D eigenvalue weighted by atomic mass is 79.9. The number of aromatic nitrogens is 2. The molecule has 0 spiro atoms. The summed E-state index contributed by atoms with van der Waals surface area (Å²) in [6.45, 7) is 2.86. The van der Waals surface area contributed by atoms with E-state index in [1.807, 2.05) is 24.3 Å². The zero-order valence-corrected chi connectivity index (χ0v) is 23.5. The van der Waals surface area contributed by atoms with Gasteiger partial charge in [-0.1, -0.05) is 18.2 Å². The Hall–Kier alpha value is -2.51. The van der Waals surface area contributed by atoms with Gasteiger partial charge < -0.3 is 24.1 Å². The number of aliphatic carboxylic acids is 1. The minimum Gasteiger partial charge on any atom is -0.496 e. The number of benzene rings is 1. The maximum atomic E-state index is 14.1. The van der Waals surface area contributed by atoms with Crippen LogP contribution in [-0.4, -0.2) is 59.9 Å². The molecule has 2 aromatic heterocycles. The molecule has 0 bridgehead atoms. The first-order valence-corrected chi connectivity index (χ1v) is 14.0. The average Bonchev–Trinajstić information content (AvgIpc) is 3.52. The van der Waals surface area contributed by atoms with E-state index >= 15 is 0 Å².